The number of nitrogens with zero attached hydrogens (tertiary/aromatic N) is 2. The molecule has 0 aromatic carbocycles. The van der Waals surface area contributed by atoms with Crippen LogP contribution >= 0.6 is 0 Å². The number of amides is 1. The van der Waals surface area contributed by atoms with E-state index in [0.29, 0.717) is 6.42 Å². The summed E-state index contributed by atoms with van der Waals surface area (Å²) in [6.07, 6.45) is 5.20. The molecule has 1 N–H and O–H groups in total. The maximum absolute atomic E-state index is 12.1. The molecule has 0 bridgehead atoms. The summed E-state index contributed by atoms with van der Waals surface area (Å²) in [5, 5.41) is 12.5. The number of aliphatic hydroxyl groups is 1. The molecule has 2 rings (SSSR count). The van der Waals surface area contributed by atoms with E-state index < -0.39 is 0 Å². The molecule has 1 aliphatic heterocycles. The van der Waals surface area contributed by atoms with Gasteiger partial charge in [0.15, 0.2) is 0 Å². The van der Waals surface area contributed by atoms with Crippen molar-refractivity contribution in [2.75, 3.05) is 13.2 Å². The molecule has 1 unspecified atom stereocenters. The molecule has 0 radical (unpaired) electrons. The number of likely N-dealkylation sites (tertiary alicyclic amines) is 1. The van der Waals surface area contributed by atoms with Gasteiger partial charge in [-0.2, -0.15) is 0 Å². The largest absolute Gasteiger partial charge is 0.396 e. The number of carbonyl (C=O) groups excluding carboxylic acids is 1. The van der Waals surface area contributed by atoms with Crippen molar-refractivity contribution in [2.45, 2.75) is 31.7 Å². The smallest absolute Gasteiger partial charge is 0.292 e. The number of carbonyl (C=O) groups is 1. The maximum atomic E-state index is 12.1. The Labute approximate surface area is 94.0 Å². The number of rotatable bonds is 3. The lowest BCUT2D eigenvalue weighted by atomic mass is 9.99. The van der Waals surface area contributed by atoms with Gasteiger partial charge in [0.25, 0.3) is 5.91 Å². The predicted octanol–water partition coefficient (Wildman–Crippen LogP) is 1.05. The van der Waals surface area contributed by atoms with Gasteiger partial charge in [-0.05, 0) is 25.7 Å². The number of aliphatic hydroxyl groups excluding tert-OH is 1. The van der Waals surface area contributed by atoms with Crippen LogP contribution in [-0.2, 0) is 0 Å². The molecular weight excluding hydrogens is 208 g/mol. The first-order chi connectivity index (χ1) is 7.83. The zero-order valence-electron chi connectivity index (χ0n) is 9.13. The van der Waals surface area contributed by atoms with Crippen LogP contribution in [0.2, 0.25) is 0 Å². The normalized spacial score (nSPS) is 21.1. The lowest BCUT2D eigenvalue weighted by molar-refractivity contribution is 0.0533. The lowest BCUT2D eigenvalue weighted by Gasteiger charge is -2.34. The summed E-state index contributed by atoms with van der Waals surface area (Å²) in [5.74, 6) is 0.167. The third-order valence-corrected chi connectivity index (χ3v) is 3.00. The summed E-state index contributed by atoms with van der Waals surface area (Å²) in [5.41, 5.74) is 0. The standard InChI is InChI=1S/C11H16N2O3/c14-8-5-9-3-1-2-7-13(9)11(15)10-4-6-12-16-10/h4,6,9,14H,1-3,5,7-8H2. The minimum absolute atomic E-state index is 0.115. The van der Waals surface area contributed by atoms with Gasteiger partial charge >= 0.3 is 0 Å². The summed E-state index contributed by atoms with van der Waals surface area (Å²) in [4.78, 5) is 13.8. The monoisotopic (exact) mass is 224 g/mol. The van der Waals surface area contributed by atoms with Crippen LogP contribution < -0.4 is 0 Å². The van der Waals surface area contributed by atoms with Crippen molar-refractivity contribution < 1.29 is 14.4 Å². The van der Waals surface area contributed by atoms with Crippen molar-refractivity contribution in [1.29, 1.82) is 0 Å². The highest BCUT2D eigenvalue weighted by atomic mass is 16.5. The van der Waals surface area contributed by atoms with Gasteiger partial charge in [0.2, 0.25) is 5.76 Å². The summed E-state index contributed by atoms with van der Waals surface area (Å²) >= 11 is 0. The van der Waals surface area contributed by atoms with Gasteiger partial charge < -0.3 is 14.5 Å². The molecule has 1 fully saturated rings. The summed E-state index contributed by atoms with van der Waals surface area (Å²) in [6.45, 7) is 0.856. The Bertz CT molecular complexity index is 335. The van der Waals surface area contributed by atoms with Crippen LogP contribution in [0.3, 0.4) is 0 Å². The van der Waals surface area contributed by atoms with Gasteiger partial charge in [-0.25, -0.2) is 0 Å². The van der Waals surface area contributed by atoms with E-state index in [1.54, 1.807) is 11.0 Å². The molecule has 0 aliphatic carbocycles. The van der Waals surface area contributed by atoms with Crippen LogP contribution in [0.15, 0.2) is 16.8 Å². The molecule has 5 nitrogen and oxygen atoms in total. The third kappa shape index (κ3) is 2.24. The van der Waals surface area contributed by atoms with Crippen molar-refractivity contribution in [3.63, 3.8) is 0 Å². The molecule has 1 aromatic heterocycles. The summed E-state index contributed by atoms with van der Waals surface area (Å²) < 4.78 is 4.87. The van der Waals surface area contributed by atoms with Crippen LogP contribution in [0, 0.1) is 0 Å². The zero-order chi connectivity index (χ0) is 11.4. The molecule has 1 aliphatic rings. The Morgan fingerprint density at radius 1 is 1.62 bits per heavy atom. The summed E-state index contributed by atoms with van der Waals surface area (Å²) in [7, 11) is 0. The van der Waals surface area contributed by atoms with Gasteiger partial charge in [0, 0.05) is 25.3 Å². The molecule has 1 aromatic rings. The number of hydrogen-bond acceptors (Lipinski definition) is 4. The minimum atomic E-state index is -0.115. The molecule has 2 heterocycles. The van der Waals surface area contributed by atoms with Crippen molar-refractivity contribution in [3.8, 4) is 0 Å². The maximum Gasteiger partial charge on any atom is 0.292 e. The van der Waals surface area contributed by atoms with E-state index in [2.05, 4.69) is 5.16 Å². The van der Waals surface area contributed by atoms with E-state index >= 15 is 0 Å². The van der Waals surface area contributed by atoms with Gasteiger partial charge in [0.05, 0.1) is 6.20 Å². The average molecular weight is 224 g/mol. The number of piperidine rings is 1. The second kappa shape index (κ2) is 5.12. The molecule has 1 amide bonds. The van der Waals surface area contributed by atoms with Crippen molar-refractivity contribution in [3.05, 3.63) is 18.0 Å². The molecule has 0 saturated carbocycles. The van der Waals surface area contributed by atoms with Crippen molar-refractivity contribution >= 4 is 5.91 Å². The first-order valence-electron chi connectivity index (χ1n) is 5.65. The Hall–Kier alpha value is -1.36. The Kier molecular flexibility index (Phi) is 3.56. The molecule has 16 heavy (non-hydrogen) atoms. The van der Waals surface area contributed by atoms with Crippen molar-refractivity contribution in [1.82, 2.24) is 10.1 Å². The average Bonchev–Trinajstić information content (AvgIpc) is 2.83. The van der Waals surface area contributed by atoms with Gasteiger partial charge in [-0.15, -0.1) is 0 Å². The van der Waals surface area contributed by atoms with E-state index in [0.717, 1.165) is 25.8 Å². The molecule has 88 valence electrons. The fraction of sp³-hybridized carbons (Fsp3) is 0.636. The van der Waals surface area contributed by atoms with Crippen LogP contribution in [0.5, 0.6) is 0 Å². The number of aromatic nitrogens is 1. The van der Waals surface area contributed by atoms with Crippen LogP contribution in [0.25, 0.3) is 0 Å². The molecule has 1 saturated heterocycles. The Morgan fingerprint density at radius 3 is 3.19 bits per heavy atom. The highest BCUT2D eigenvalue weighted by molar-refractivity contribution is 5.91. The predicted molar refractivity (Wildman–Crippen MR) is 56.9 cm³/mol. The van der Waals surface area contributed by atoms with Crippen LogP contribution in [0.1, 0.15) is 36.2 Å². The quantitative estimate of drug-likeness (QED) is 0.833. The van der Waals surface area contributed by atoms with E-state index in [4.69, 9.17) is 9.63 Å². The fourth-order valence-corrected chi connectivity index (χ4v) is 2.18. The van der Waals surface area contributed by atoms with E-state index in [-0.39, 0.29) is 24.3 Å². The van der Waals surface area contributed by atoms with Gasteiger partial charge in [-0.3, -0.25) is 4.79 Å². The minimum Gasteiger partial charge on any atom is -0.396 e. The van der Waals surface area contributed by atoms with E-state index in [1.807, 2.05) is 0 Å². The van der Waals surface area contributed by atoms with E-state index in [9.17, 15) is 4.79 Å². The zero-order valence-corrected chi connectivity index (χ0v) is 9.13. The van der Waals surface area contributed by atoms with E-state index in [1.165, 1.54) is 6.20 Å². The third-order valence-electron chi connectivity index (χ3n) is 3.00. The van der Waals surface area contributed by atoms with Gasteiger partial charge in [0.1, 0.15) is 0 Å². The first kappa shape index (κ1) is 11.1. The second-order valence-corrected chi connectivity index (χ2v) is 4.04. The van der Waals surface area contributed by atoms with Crippen molar-refractivity contribution in [2.24, 2.45) is 0 Å². The molecular formula is C11H16N2O3. The van der Waals surface area contributed by atoms with Crippen LogP contribution in [-0.4, -0.2) is 40.3 Å². The second-order valence-electron chi connectivity index (χ2n) is 4.04. The fourth-order valence-electron chi connectivity index (χ4n) is 2.18. The van der Waals surface area contributed by atoms with Crippen LogP contribution in [0.4, 0.5) is 0 Å². The molecule has 1 atom stereocenters. The highest BCUT2D eigenvalue weighted by Crippen LogP contribution is 2.21. The molecule has 5 heteroatoms. The Balaban J connectivity index is 2.08. The Morgan fingerprint density at radius 2 is 2.50 bits per heavy atom. The lowest BCUT2D eigenvalue weighted by Crippen LogP contribution is -2.44. The first-order valence-corrected chi connectivity index (χ1v) is 5.65. The summed E-state index contributed by atoms with van der Waals surface area (Å²) in [6, 6.07) is 1.71. The SMILES string of the molecule is O=C(c1ccno1)N1CCCCC1CCO. The van der Waals surface area contributed by atoms with Gasteiger partial charge in [-0.1, -0.05) is 5.16 Å². The highest BCUT2D eigenvalue weighted by Gasteiger charge is 2.28. The topological polar surface area (TPSA) is 66.6 Å². The number of hydrogen-bond donors (Lipinski definition) is 1. The molecule has 0 spiro atoms.